The van der Waals surface area contributed by atoms with Crippen LogP contribution < -0.4 is 9.47 Å². The Hall–Kier alpha value is -3.32. The second-order valence-electron chi connectivity index (χ2n) is 6.45. The molecule has 2 heterocycles. The van der Waals surface area contributed by atoms with Gasteiger partial charge in [-0.3, -0.25) is 9.55 Å². The van der Waals surface area contributed by atoms with Crippen molar-refractivity contribution in [1.29, 1.82) is 0 Å². The summed E-state index contributed by atoms with van der Waals surface area (Å²) in [5.41, 5.74) is 3.07. The number of benzene rings is 2. The molecule has 2 aromatic carbocycles. The molecule has 0 radical (unpaired) electrons. The summed E-state index contributed by atoms with van der Waals surface area (Å²) in [6, 6.07) is 19.9. The first kappa shape index (κ1) is 20.0. The molecule has 2 aromatic heterocycles. The minimum absolute atomic E-state index is 0.635. The van der Waals surface area contributed by atoms with Crippen LogP contribution in [0.1, 0.15) is 12.5 Å². The summed E-state index contributed by atoms with van der Waals surface area (Å²) in [6.45, 7) is 2.61. The van der Waals surface area contributed by atoms with Gasteiger partial charge in [0.15, 0.2) is 11.0 Å². The van der Waals surface area contributed by atoms with E-state index >= 15 is 0 Å². The Morgan fingerprint density at radius 1 is 0.933 bits per heavy atom. The quantitative estimate of drug-likeness (QED) is 0.374. The topological polar surface area (TPSA) is 62.1 Å². The van der Waals surface area contributed by atoms with E-state index in [2.05, 4.69) is 31.9 Å². The Labute approximate surface area is 179 Å². The lowest BCUT2D eigenvalue weighted by molar-refractivity contribution is 0.340. The van der Waals surface area contributed by atoms with Crippen molar-refractivity contribution in [3.8, 4) is 28.6 Å². The molecule has 0 spiro atoms. The molecule has 0 aliphatic heterocycles. The van der Waals surface area contributed by atoms with Gasteiger partial charge in [-0.15, -0.1) is 10.2 Å². The maximum absolute atomic E-state index is 5.58. The van der Waals surface area contributed by atoms with Gasteiger partial charge >= 0.3 is 0 Å². The second-order valence-corrected chi connectivity index (χ2v) is 7.39. The first-order valence-electron chi connectivity index (χ1n) is 9.63. The molecule has 0 N–H and O–H groups in total. The van der Waals surface area contributed by atoms with Gasteiger partial charge in [0.2, 0.25) is 0 Å². The zero-order valence-electron chi connectivity index (χ0n) is 16.9. The Balaban J connectivity index is 1.66. The number of thioether (sulfide) groups is 1. The van der Waals surface area contributed by atoms with Crippen molar-refractivity contribution in [2.24, 2.45) is 0 Å². The molecule has 0 amide bonds. The fraction of sp³-hybridized carbons (Fsp3) is 0.174. The van der Waals surface area contributed by atoms with Crippen LogP contribution in [0.5, 0.6) is 11.5 Å². The summed E-state index contributed by atoms with van der Waals surface area (Å²) < 4.78 is 12.9. The van der Waals surface area contributed by atoms with E-state index in [9.17, 15) is 0 Å². The Bertz CT molecular complexity index is 1080. The maximum Gasteiger partial charge on any atom is 0.196 e. The third-order valence-electron chi connectivity index (χ3n) is 4.49. The Morgan fingerprint density at radius 2 is 1.70 bits per heavy atom. The van der Waals surface area contributed by atoms with Crippen LogP contribution in [-0.4, -0.2) is 33.5 Å². The van der Waals surface area contributed by atoms with Crippen molar-refractivity contribution >= 4 is 11.8 Å². The molecule has 30 heavy (non-hydrogen) atoms. The third kappa shape index (κ3) is 4.46. The summed E-state index contributed by atoms with van der Waals surface area (Å²) >= 11 is 1.64. The lowest BCUT2D eigenvalue weighted by Gasteiger charge is -2.11. The van der Waals surface area contributed by atoms with Crippen molar-refractivity contribution in [2.75, 3.05) is 13.7 Å². The molecule has 4 rings (SSSR count). The van der Waals surface area contributed by atoms with Gasteiger partial charge in [-0.05, 0) is 61.0 Å². The standard InChI is InChI=1S/C23H22N4O2S/c1-3-29-21-12-8-19(9-13-21)27-22(18-5-4-14-24-15-18)25-26-23(27)30-16-17-6-10-20(28-2)11-7-17/h4-15H,3,16H2,1-2H3. The highest BCUT2D eigenvalue weighted by atomic mass is 32.2. The summed E-state index contributed by atoms with van der Waals surface area (Å²) in [5.74, 6) is 3.21. The van der Waals surface area contributed by atoms with Crippen molar-refractivity contribution in [2.45, 2.75) is 17.8 Å². The number of aromatic nitrogens is 4. The highest BCUT2D eigenvalue weighted by molar-refractivity contribution is 7.98. The summed E-state index contributed by atoms with van der Waals surface area (Å²) in [7, 11) is 1.67. The van der Waals surface area contributed by atoms with Crippen LogP contribution in [0, 0.1) is 0 Å². The van der Waals surface area contributed by atoms with Gasteiger partial charge in [0.1, 0.15) is 11.5 Å². The largest absolute Gasteiger partial charge is 0.497 e. The van der Waals surface area contributed by atoms with E-state index in [1.807, 2.05) is 55.5 Å². The predicted molar refractivity (Wildman–Crippen MR) is 118 cm³/mol. The van der Waals surface area contributed by atoms with Crippen LogP contribution in [-0.2, 0) is 5.75 Å². The number of nitrogens with zero attached hydrogens (tertiary/aromatic N) is 4. The summed E-state index contributed by atoms with van der Waals surface area (Å²) in [6.07, 6.45) is 3.55. The first-order chi connectivity index (χ1) is 14.8. The molecule has 0 aliphatic carbocycles. The third-order valence-corrected chi connectivity index (χ3v) is 5.49. The monoisotopic (exact) mass is 418 g/mol. The van der Waals surface area contributed by atoms with Crippen LogP contribution in [0.15, 0.2) is 78.2 Å². The molecule has 0 unspecified atom stereocenters. The smallest absolute Gasteiger partial charge is 0.196 e. The van der Waals surface area contributed by atoms with E-state index < -0.39 is 0 Å². The van der Waals surface area contributed by atoms with Crippen LogP contribution in [0.2, 0.25) is 0 Å². The van der Waals surface area contributed by atoms with E-state index in [1.54, 1.807) is 31.3 Å². The maximum atomic E-state index is 5.58. The average Bonchev–Trinajstić information content (AvgIpc) is 3.23. The Kier molecular flexibility index (Phi) is 6.29. The highest BCUT2D eigenvalue weighted by Gasteiger charge is 2.16. The van der Waals surface area contributed by atoms with Gasteiger partial charge in [0.25, 0.3) is 0 Å². The molecule has 0 saturated heterocycles. The van der Waals surface area contributed by atoms with Gasteiger partial charge in [-0.2, -0.15) is 0 Å². The minimum Gasteiger partial charge on any atom is -0.497 e. The number of hydrogen-bond donors (Lipinski definition) is 0. The fourth-order valence-corrected chi connectivity index (χ4v) is 3.91. The summed E-state index contributed by atoms with van der Waals surface area (Å²) in [5, 5.41) is 9.74. The number of ether oxygens (including phenoxy) is 2. The molecule has 0 atom stereocenters. The average molecular weight is 419 g/mol. The molecule has 0 aliphatic rings. The zero-order valence-corrected chi connectivity index (χ0v) is 17.7. The van der Waals surface area contributed by atoms with Crippen LogP contribution in [0.25, 0.3) is 17.1 Å². The van der Waals surface area contributed by atoms with E-state index in [0.717, 1.165) is 39.5 Å². The van der Waals surface area contributed by atoms with E-state index in [4.69, 9.17) is 9.47 Å². The van der Waals surface area contributed by atoms with Crippen molar-refractivity contribution in [1.82, 2.24) is 19.7 Å². The SMILES string of the molecule is CCOc1ccc(-n2c(SCc3ccc(OC)cc3)nnc2-c2cccnc2)cc1. The molecular weight excluding hydrogens is 396 g/mol. The molecular formula is C23H22N4O2S. The van der Waals surface area contributed by atoms with Crippen LogP contribution in [0.4, 0.5) is 0 Å². The molecule has 4 aromatic rings. The van der Waals surface area contributed by atoms with Gasteiger partial charge in [-0.25, -0.2) is 0 Å². The lowest BCUT2D eigenvalue weighted by atomic mass is 10.2. The molecule has 6 nitrogen and oxygen atoms in total. The van der Waals surface area contributed by atoms with Gasteiger partial charge in [0, 0.05) is 29.4 Å². The molecule has 7 heteroatoms. The van der Waals surface area contributed by atoms with E-state index in [1.165, 1.54) is 5.56 Å². The molecule has 0 bridgehead atoms. The number of hydrogen-bond acceptors (Lipinski definition) is 6. The zero-order chi connectivity index (χ0) is 20.8. The van der Waals surface area contributed by atoms with Crippen LogP contribution in [0.3, 0.4) is 0 Å². The normalized spacial score (nSPS) is 10.7. The van der Waals surface area contributed by atoms with Gasteiger partial charge < -0.3 is 9.47 Å². The predicted octanol–water partition coefficient (Wildman–Crippen LogP) is 5.03. The fourth-order valence-electron chi connectivity index (χ4n) is 3.01. The number of rotatable bonds is 8. The van der Waals surface area contributed by atoms with Crippen molar-refractivity contribution < 1.29 is 9.47 Å². The first-order valence-corrected chi connectivity index (χ1v) is 10.6. The number of methoxy groups -OCH3 is 1. The minimum atomic E-state index is 0.635. The lowest BCUT2D eigenvalue weighted by Crippen LogP contribution is -2.00. The Morgan fingerprint density at radius 3 is 2.37 bits per heavy atom. The summed E-state index contributed by atoms with van der Waals surface area (Å²) in [4.78, 5) is 4.23. The molecule has 0 fully saturated rings. The van der Waals surface area contributed by atoms with Crippen molar-refractivity contribution in [3.05, 3.63) is 78.6 Å². The molecule has 0 saturated carbocycles. The highest BCUT2D eigenvalue weighted by Crippen LogP contribution is 2.30. The number of pyridine rings is 1. The van der Waals surface area contributed by atoms with E-state index in [0.29, 0.717) is 6.61 Å². The second kappa shape index (κ2) is 9.45. The van der Waals surface area contributed by atoms with Gasteiger partial charge in [-0.1, -0.05) is 23.9 Å². The van der Waals surface area contributed by atoms with E-state index in [-0.39, 0.29) is 0 Å². The van der Waals surface area contributed by atoms with Gasteiger partial charge in [0.05, 0.1) is 13.7 Å². The van der Waals surface area contributed by atoms with Crippen molar-refractivity contribution in [3.63, 3.8) is 0 Å². The molecule has 152 valence electrons. The van der Waals surface area contributed by atoms with Crippen LogP contribution >= 0.6 is 11.8 Å².